The van der Waals surface area contributed by atoms with Crippen LogP contribution in [0.15, 0.2) is 18.3 Å². The highest BCUT2D eigenvalue weighted by molar-refractivity contribution is 5.48. The molecule has 4 nitrogen and oxygen atoms in total. The minimum Gasteiger partial charge on any atom is -0.374 e. The molecule has 0 aromatic carbocycles. The Hall–Kier alpha value is -1.13. The SMILES string of the molecule is CCNCc1cc(N2CCOC3CCCCC32)ccn1. The van der Waals surface area contributed by atoms with E-state index in [2.05, 4.69) is 34.3 Å². The zero-order chi connectivity index (χ0) is 13.8. The summed E-state index contributed by atoms with van der Waals surface area (Å²) in [5.74, 6) is 0. The summed E-state index contributed by atoms with van der Waals surface area (Å²) in [5, 5.41) is 3.35. The molecule has 0 amide bonds. The van der Waals surface area contributed by atoms with Gasteiger partial charge in [0.2, 0.25) is 0 Å². The number of aromatic nitrogens is 1. The van der Waals surface area contributed by atoms with Gasteiger partial charge in [0.1, 0.15) is 0 Å². The van der Waals surface area contributed by atoms with Gasteiger partial charge < -0.3 is 15.0 Å². The lowest BCUT2D eigenvalue weighted by Crippen LogP contribution is -2.52. The van der Waals surface area contributed by atoms with Gasteiger partial charge in [-0.1, -0.05) is 19.8 Å². The Morgan fingerprint density at radius 3 is 3.20 bits per heavy atom. The van der Waals surface area contributed by atoms with E-state index in [4.69, 9.17) is 4.74 Å². The largest absolute Gasteiger partial charge is 0.374 e. The maximum Gasteiger partial charge on any atom is 0.0779 e. The molecule has 2 atom stereocenters. The van der Waals surface area contributed by atoms with E-state index in [1.165, 1.54) is 31.4 Å². The van der Waals surface area contributed by atoms with Crippen molar-refractivity contribution in [1.29, 1.82) is 0 Å². The van der Waals surface area contributed by atoms with E-state index < -0.39 is 0 Å². The standard InChI is InChI=1S/C16H25N3O/c1-2-17-12-13-11-14(7-8-18-13)19-9-10-20-16-6-4-3-5-15(16)19/h7-8,11,15-17H,2-6,9-10,12H2,1H3. The van der Waals surface area contributed by atoms with Gasteiger partial charge in [-0.3, -0.25) is 4.98 Å². The van der Waals surface area contributed by atoms with Crippen LogP contribution in [0.1, 0.15) is 38.3 Å². The lowest BCUT2D eigenvalue weighted by atomic mass is 9.90. The zero-order valence-corrected chi connectivity index (χ0v) is 12.3. The molecule has 1 aliphatic carbocycles. The lowest BCUT2D eigenvalue weighted by Gasteiger charge is -2.45. The zero-order valence-electron chi connectivity index (χ0n) is 12.3. The minimum atomic E-state index is 0.433. The van der Waals surface area contributed by atoms with Crippen molar-refractivity contribution in [3.63, 3.8) is 0 Å². The Kier molecular flexibility index (Phi) is 4.53. The van der Waals surface area contributed by atoms with Gasteiger partial charge in [0.05, 0.1) is 24.4 Å². The monoisotopic (exact) mass is 275 g/mol. The summed E-state index contributed by atoms with van der Waals surface area (Å²) in [7, 11) is 0. The number of hydrogen-bond donors (Lipinski definition) is 1. The lowest BCUT2D eigenvalue weighted by molar-refractivity contribution is -0.00868. The summed E-state index contributed by atoms with van der Waals surface area (Å²) in [5.41, 5.74) is 2.44. The summed E-state index contributed by atoms with van der Waals surface area (Å²) >= 11 is 0. The molecule has 0 radical (unpaired) electrons. The molecule has 4 heteroatoms. The van der Waals surface area contributed by atoms with E-state index in [-0.39, 0.29) is 0 Å². The minimum absolute atomic E-state index is 0.433. The smallest absolute Gasteiger partial charge is 0.0779 e. The first-order chi connectivity index (χ1) is 9.88. The summed E-state index contributed by atoms with van der Waals surface area (Å²) in [6, 6.07) is 4.94. The third-order valence-electron chi connectivity index (χ3n) is 4.42. The van der Waals surface area contributed by atoms with Crippen molar-refractivity contribution < 1.29 is 4.74 Å². The molecule has 1 saturated carbocycles. The molecule has 0 spiro atoms. The second kappa shape index (κ2) is 6.55. The Morgan fingerprint density at radius 1 is 1.40 bits per heavy atom. The van der Waals surface area contributed by atoms with Crippen LogP contribution in [0.2, 0.25) is 0 Å². The number of pyridine rings is 1. The van der Waals surface area contributed by atoms with Crippen molar-refractivity contribution in [2.45, 2.75) is 51.3 Å². The number of nitrogens with one attached hydrogen (secondary N) is 1. The number of rotatable bonds is 4. The van der Waals surface area contributed by atoms with Crippen LogP contribution < -0.4 is 10.2 Å². The number of ether oxygens (including phenoxy) is 1. The quantitative estimate of drug-likeness (QED) is 0.915. The van der Waals surface area contributed by atoms with Gasteiger partial charge in [-0.15, -0.1) is 0 Å². The second-order valence-electron chi connectivity index (χ2n) is 5.74. The molecule has 1 aliphatic heterocycles. The van der Waals surface area contributed by atoms with Crippen LogP contribution in [0.25, 0.3) is 0 Å². The molecule has 1 saturated heterocycles. The summed E-state index contributed by atoms with van der Waals surface area (Å²) in [6.07, 6.45) is 7.50. The molecule has 3 rings (SSSR count). The highest BCUT2D eigenvalue weighted by Gasteiger charge is 2.34. The predicted molar refractivity (Wildman–Crippen MR) is 81.0 cm³/mol. The molecular weight excluding hydrogens is 250 g/mol. The summed E-state index contributed by atoms with van der Waals surface area (Å²) in [4.78, 5) is 7.00. The molecule has 2 heterocycles. The first kappa shape index (κ1) is 13.8. The molecule has 1 aromatic heterocycles. The Labute approximate surface area is 121 Å². The molecular formula is C16H25N3O. The van der Waals surface area contributed by atoms with E-state index in [9.17, 15) is 0 Å². The predicted octanol–water partition coefficient (Wildman–Crippen LogP) is 2.34. The molecule has 0 bridgehead atoms. The number of hydrogen-bond acceptors (Lipinski definition) is 4. The third-order valence-corrected chi connectivity index (χ3v) is 4.42. The summed E-state index contributed by atoms with van der Waals surface area (Å²) in [6.45, 7) is 5.81. The molecule has 2 aliphatic rings. The van der Waals surface area contributed by atoms with Crippen LogP contribution in [-0.2, 0) is 11.3 Å². The van der Waals surface area contributed by atoms with Crippen LogP contribution in [-0.4, -0.2) is 36.8 Å². The van der Waals surface area contributed by atoms with E-state index in [0.717, 1.165) is 31.9 Å². The number of anilines is 1. The van der Waals surface area contributed by atoms with Crippen LogP contribution in [0.4, 0.5) is 5.69 Å². The summed E-state index contributed by atoms with van der Waals surface area (Å²) < 4.78 is 5.96. The van der Waals surface area contributed by atoms with Crippen LogP contribution in [0.5, 0.6) is 0 Å². The van der Waals surface area contributed by atoms with Crippen molar-refractivity contribution in [3.05, 3.63) is 24.0 Å². The molecule has 110 valence electrons. The maximum absolute atomic E-state index is 5.96. The van der Waals surface area contributed by atoms with Gasteiger partial charge >= 0.3 is 0 Å². The number of morpholine rings is 1. The van der Waals surface area contributed by atoms with Gasteiger partial charge in [0.25, 0.3) is 0 Å². The maximum atomic E-state index is 5.96. The van der Waals surface area contributed by atoms with Gasteiger partial charge in [-0.2, -0.15) is 0 Å². The van der Waals surface area contributed by atoms with Gasteiger partial charge in [0, 0.05) is 25.0 Å². The van der Waals surface area contributed by atoms with Crippen molar-refractivity contribution >= 4 is 5.69 Å². The van der Waals surface area contributed by atoms with Crippen LogP contribution in [0, 0.1) is 0 Å². The normalized spacial score (nSPS) is 26.4. The number of nitrogens with zero attached hydrogens (tertiary/aromatic N) is 2. The molecule has 1 aromatic rings. The Morgan fingerprint density at radius 2 is 2.30 bits per heavy atom. The highest BCUT2D eigenvalue weighted by atomic mass is 16.5. The average molecular weight is 275 g/mol. The fourth-order valence-corrected chi connectivity index (χ4v) is 3.41. The second-order valence-corrected chi connectivity index (χ2v) is 5.74. The van der Waals surface area contributed by atoms with Gasteiger partial charge in [0.15, 0.2) is 0 Å². The van der Waals surface area contributed by atoms with Crippen LogP contribution >= 0.6 is 0 Å². The van der Waals surface area contributed by atoms with E-state index in [0.29, 0.717) is 12.1 Å². The van der Waals surface area contributed by atoms with E-state index >= 15 is 0 Å². The van der Waals surface area contributed by atoms with E-state index in [1.807, 2.05) is 6.20 Å². The van der Waals surface area contributed by atoms with Crippen LogP contribution in [0.3, 0.4) is 0 Å². The van der Waals surface area contributed by atoms with Crippen molar-refractivity contribution in [3.8, 4) is 0 Å². The first-order valence-electron chi connectivity index (χ1n) is 7.92. The van der Waals surface area contributed by atoms with Gasteiger partial charge in [-0.05, 0) is 31.5 Å². The Bertz CT molecular complexity index is 435. The highest BCUT2D eigenvalue weighted by Crippen LogP contribution is 2.31. The molecule has 20 heavy (non-hydrogen) atoms. The Balaban J connectivity index is 1.76. The number of fused-ring (bicyclic) bond motifs is 1. The fraction of sp³-hybridized carbons (Fsp3) is 0.688. The van der Waals surface area contributed by atoms with Gasteiger partial charge in [-0.25, -0.2) is 0 Å². The molecule has 2 unspecified atom stereocenters. The van der Waals surface area contributed by atoms with Crippen molar-refractivity contribution in [2.24, 2.45) is 0 Å². The third kappa shape index (κ3) is 2.96. The fourth-order valence-electron chi connectivity index (χ4n) is 3.41. The first-order valence-corrected chi connectivity index (χ1v) is 7.92. The van der Waals surface area contributed by atoms with Crippen molar-refractivity contribution in [1.82, 2.24) is 10.3 Å². The van der Waals surface area contributed by atoms with Crippen molar-refractivity contribution in [2.75, 3.05) is 24.6 Å². The molecule has 1 N–H and O–H groups in total. The van der Waals surface area contributed by atoms with E-state index in [1.54, 1.807) is 0 Å². The molecule has 2 fully saturated rings. The topological polar surface area (TPSA) is 37.4 Å². The average Bonchev–Trinajstić information content (AvgIpc) is 2.52.